The van der Waals surface area contributed by atoms with Crippen molar-refractivity contribution in [2.75, 3.05) is 7.11 Å². The highest BCUT2D eigenvalue weighted by molar-refractivity contribution is 5.75. The van der Waals surface area contributed by atoms with Crippen molar-refractivity contribution in [3.63, 3.8) is 0 Å². The first-order valence-electron chi connectivity index (χ1n) is 7.04. The zero-order valence-corrected chi connectivity index (χ0v) is 12.1. The lowest BCUT2D eigenvalue weighted by molar-refractivity contribution is -0.142. The SMILES string of the molecule is COC(=O)C(N)Cc1ccc(-c2noc(C3CC3)n2)c(F)c1. The number of rotatable bonds is 5. The minimum atomic E-state index is -0.818. The van der Waals surface area contributed by atoms with E-state index in [2.05, 4.69) is 14.9 Å². The third kappa shape index (κ3) is 2.99. The van der Waals surface area contributed by atoms with Crippen LogP contribution in [0.1, 0.15) is 30.2 Å². The van der Waals surface area contributed by atoms with Crippen molar-refractivity contribution < 1.29 is 18.4 Å². The Morgan fingerprint density at radius 2 is 2.32 bits per heavy atom. The first-order valence-corrected chi connectivity index (χ1v) is 7.04. The Hall–Kier alpha value is -2.28. The minimum absolute atomic E-state index is 0.198. The first kappa shape index (κ1) is 14.6. The lowest BCUT2D eigenvalue weighted by Crippen LogP contribution is -2.33. The van der Waals surface area contributed by atoms with Gasteiger partial charge < -0.3 is 15.0 Å². The molecule has 1 aliphatic rings. The van der Waals surface area contributed by atoms with Gasteiger partial charge in [0.2, 0.25) is 11.7 Å². The monoisotopic (exact) mass is 305 g/mol. The number of halogens is 1. The minimum Gasteiger partial charge on any atom is -0.468 e. The number of esters is 1. The molecule has 0 bridgehead atoms. The molecule has 6 nitrogen and oxygen atoms in total. The number of methoxy groups -OCH3 is 1. The number of nitrogens with zero attached hydrogens (tertiary/aromatic N) is 2. The second kappa shape index (κ2) is 5.84. The molecular formula is C15H16FN3O3. The third-order valence-electron chi connectivity index (χ3n) is 3.60. The average Bonchev–Trinajstić information content (AvgIpc) is 3.25. The summed E-state index contributed by atoms with van der Waals surface area (Å²) in [5.41, 5.74) is 6.54. The van der Waals surface area contributed by atoms with Gasteiger partial charge in [-0.3, -0.25) is 4.79 Å². The average molecular weight is 305 g/mol. The molecular weight excluding hydrogens is 289 g/mol. The summed E-state index contributed by atoms with van der Waals surface area (Å²) in [5, 5.41) is 3.82. The fourth-order valence-electron chi connectivity index (χ4n) is 2.20. The van der Waals surface area contributed by atoms with Gasteiger partial charge in [0, 0.05) is 5.92 Å². The van der Waals surface area contributed by atoms with Crippen LogP contribution in [0.15, 0.2) is 22.7 Å². The van der Waals surface area contributed by atoms with E-state index in [0.717, 1.165) is 12.8 Å². The Labute approximate surface area is 126 Å². The van der Waals surface area contributed by atoms with Crippen molar-refractivity contribution in [3.05, 3.63) is 35.5 Å². The van der Waals surface area contributed by atoms with Gasteiger partial charge in [-0.1, -0.05) is 11.2 Å². The molecule has 3 rings (SSSR count). The second-order valence-corrected chi connectivity index (χ2v) is 5.38. The number of carbonyl (C=O) groups is 1. The van der Waals surface area contributed by atoms with Crippen LogP contribution in [0.4, 0.5) is 4.39 Å². The number of ether oxygens (including phenoxy) is 1. The van der Waals surface area contributed by atoms with Crippen molar-refractivity contribution in [2.45, 2.75) is 31.2 Å². The summed E-state index contributed by atoms with van der Waals surface area (Å²) < 4.78 is 23.9. The number of nitrogens with two attached hydrogens (primary N) is 1. The van der Waals surface area contributed by atoms with Gasteiger partial charge in [0.1, 0.15) is 11.9 Å². The summed E-state index contributed by atoms with van der Waals surface area (Å²) >= 11 is 0. The number of aromatic nitrogens is 2. The standard InChI is InChI=1S/C15H16FN3O3/c1-21-15(20)12(17)7-8-2-5-10(11(16)6-8)13-18-14(22-19-13)9-3-4-9/h2,5-6,9,12H,3-4,7,17H2,1H3. The van der Waals surface area contributed by atoms with E-state index < -0.39 is 17.8 Å². The molecule has 2 aromatic rings. The molecule has 22 heavy (non-hydrogen) atoms. The van der Waals surface area contributed by atoms with Crippen molar-refractivity contribution >= 4 is 5.97 Å². The topological polar surface area (TPSA) is 91.2 Å². The number of hydrogen-bond donors (Lipinski definition) is 1. The van der Waals surface area contributed by atoms with E-state index in [0.29, 0.717) is 17.4 Å². The van der Waals surface area contributed by atoms with Gasteiger partial charge in [-0.2, -0.15) is 4.98 Å². The van der Waals surface area contributed by atoms with E-state index in [1.165, 1.54) is 13.2 Å². The van der Waals surface area contributed by atoms with E-state index in [9.17, 15) is 9.18 Å². The van der Waals surface area contributed by atoms with Crippen molar-refractivity contribution in [1.29, 1.82) is 0 Å². The Bertz CT molecular complexity index is 697. The highest BCUT2D eigenvalue weighted by atomic mass is 19.1. The zero-order chi connectivity index (χ0) is 15.7. The molecule has 2 N–H and O–H groups in total. The Kier molecular flexibility index (Phi) is 3.89. The summed E-state index contributed by atoms with van der Waals surface area (Å²) in [7, 11) is 1.26. The largest absolute Gasteiger partial charge is 0.468 e. The highest BCUT2D eigenvalue weighted by Gasteiger charge is 2.30. The van der Waals surface area contributed by atoms with Gasteiger partial charge in [-0.05, 0) is 37.0 Å². The molecule has 1 aromatic carbocycles. The summed E-state index contributed by atoms with van der Waals surface area (Å²) in [6.07, 6.45) is 2.27. The van der Waals surface area contributed by atoms with E-state index in [1.54, 1.807) is 12.1 Å². The predicted molar refractivity (Wildman–Crippen MR) is 75.4 cm³/mol. The van der Waals surface area contributed by atoms with Crippen LogP contribution in [0.3, 0.4) is 0 Å². The maximum Gasteiger partial charge on any atom is 0.322 e. The normalized spacial score (nSPS) is 15.6. The Morgan fingerprint density at radius 3 is 2.95 bits per heavy atom. The molecule has 0 saturated heterocycles. The molecule has 0 spiro atoms. The Balaban J connectivity index is 1.77. The van der Waals surface area contributed by atoms with E-state index >= 15 is 0 Å². The lowest BCUT2D eigenvalue weighted by atomic mass is 10.0. The summed E-state index contributed by atoms with van der Waals surface area (Å²) in [5.74, 6) is 0.116. The number of hydrogen-bond acceptors (Lipinski definition) is 6. The summed E-state index contributed by atoms with van der Waals surface area (Å²) in [6, 6.07) is 3.76. The fraction of sp³-hybridized carbons (Fsp3) is 0.400. The second-order valence-electron chi connectivity index (χ2n) is 5.38. The van der Waals surface area contributed by atoms with Gasteiger partial charge in [0.25, 0.3) is 0 Å². The lowest BCUT2D eigenvalue weighted by Gasteiger charge is -2.09. The third-order valence-corrected chi connectivity index (χ3v) is 3.60. The predicted octanol–water partition coefficient (Wildman–Crippen LogP) is 1.80. The van der Waals surface area contributed by atoms with E-state index in [-0.39, 0.29) is 17.8 Å². The zero-order valence-electron chi connectivity index (χ0n) is 12.1. The van der Waals surface area contributed by atoms with Gasteiger partial charge in [0.15, 0.2) is 0 Å². The molecule has 1 aromatic heterocycles. The smallest absolute Gasteiger partial charge is 0.322 e. The molecule has 1 heterocycles. The molecule has 1 saturated carbocycles. The van der Waals surface area contributed by atoms with Crippen LogP contribution in [0.2, 0.25) is 0 Å². The maximum absolute atomic E-state index is 14.2. The summed E-state index contributed by atoms with van der Waals surface area (Å²) in [6.45, 7) is 0. The number of benzene rings is 1. The van der Waals surface area contributed by atoms with Gasteiger partial charge >= 0.3 is 5.97 Å². The Morgan fingerprint density at radius 1 is 1.55 bits per heavy atom. The first-order chi connectivity index (χ1) is 10.6. The molecule has 116 valence electrons. The van der Waals surface area contributed by atoms with Crippen LogP contribution in [0, 0.1) is 5.82 Å². The molecule has 1 fully saturated rings. The molecule has 7 heteroatoms. The van der Waals surface area contributed by atoms with Crippen molar-refractivity contribution in [2.24, 2.45) is 5.73 Å². The van der Waals surface area contributed by atoms with Crippen LogP contribution in [0.5, 0.6) is 0 Å². The van der Waals surface area contributed by atoms with Crippen LogP contribution in [-0.4, -0.2) is 29.3 Å². The van der Waals surface area contributed by atoms with Gasteiger partial charge in [-0.15, -0.1) is 0 Å². The van der Waals surface area contributed by atoms with E-state index in [4.69, 9.17) is 10.3 Å². The van der Waals surface area contributed by atoms with Crippen LogP contribution in [0.25, 0.3) is 11.4 Å². The number of carbonyl (C=O) groups excluding carboxylic acids is 1. The molecule has 1 aliphatic carbocycles. The van der Waals surface area contributed by atoms with Gasteiger partial charge in [0.05, 0.1) is 12.7 Å². The maximum atomic E-state index is 14.2. The molecule has 0 amide bonds. The van der Waals surface area contributed by atoms with Crippen LogP contribution >= 0.6 is 0 Å². The van der Waals surface area contributed by atoms with Crippen molar-refractivity contribution in [1.82, 2.24) is 10.1 Å². The highest BCUT2D eigenvalue weighted by Crippen LogP contribution is 2.39. The quantitative estimate of drug-likeness (QED) is 0.847. The molecule has 1 unspecified atom stereocenters. The van der Waals surface area contributed by atoms with Crippen LogP contribution < -0.4 is 5.73 Å². The van der Waals surface area contributed by atoms with Crippen LogP contribution in [-0.2, 0) is 16.0 Å². The van der Waals surface area contributed by atoms with Crippen molar-refractivity contribution in [3.8, 4) is 11.4 Å². The molecule has 0 radical (unpaired) electrons. The van der Waals surface area contributed by atoms with E-state index in [1.807, 2.05) is 0 Å². The van der Waals surface area contributed by atoms with Gasteiger partial charge in [-0.25, -0.2) is 4.39 Å². The summed E-state index contributed by atoms with van der Waals surface area (Å²) in [4.78, 5) is 15.5. The molecule has 1 atom stereocenters. The molecule has 0 aliphatic heterocycles. The fourth-order valence-corrected chi connectivity index (χ4v) is 2.20.